The molecule has 0 unspecified atom stereocenters. The maximum Gasteiger partial charge on any atom is 0.157 e. The third-order valence-corrected chi connectivity index (χ3v) is 3.98. The summed E-state index contributed by atoms with van der Waals surface area (Å²) in [5.74, 6) is 1.95. The standard InChI is InChI=1S/C14H21N5/c1-15-7-2-12-4-9-18(10-5-12)13-6-11-19-14(17-13)3-8-16-19/h3,6,8,11-12,15H,2,4-5,7,9-10H2,1H3. The molecule has 3 rings (SSSR count). The Morgan fingerprint density at radius 3 is 2.95 bits per heavy atom. The van der Waals surface area contributed by atoms with Crippen LogP contribution in [0.2, 0.25) is 0 Å². The molecule has 1 N–H and O–H groups in total. The van der Waals surface area contributed by atoms with Crippen LogP contribution in [0.15, 0.2) is 24.5 Å². The van der Waals surface area contributed by atoms with Gasteiger partial charge < -0.3 is 10.2 Å². The Kier molecular flexibility index (Phi) is 3.64. The number of hydrogen-bond donors (Lipinski definition) is 1. The minimum atomic E-state index is 0.863. The third-order valence-electron chi connectivity index (χ3n) is 3.98. The molecule has 5 heteroatoms. The molecule has 1 saturated heterocycles. The lowest BCUT2D eigenvalue weighted by Crippen LogP contribution is -2.35. The molecule has 0 amide bonds. The molecule has 0 aromatic carbocycles. The second-order valence-corrected chi connectivity index (χ2v) is 5.24. The SMILES string of the molecule is CNCCC1CCN(c2ccn3nccc3n2)CC1. The van der Waals surface area contributed by atoms with Crippen LogP contribution in [-0.2, 0) is 0 Å². The lowest BCUT2D eigenvalue weighted by molar-refractivity contribution is 0.377. The number of rotatable bonds is 4. The minimum Gasteiger partial charge on any atom is -0.356 e. The minimum absolute atomic E-state index is 0.863. The van der Waals surface area contributed by atoms with Gasteiger partial charge >= 0.3 is 0 Å². The van der Waals surface area contributed by atoms with Crippen LogP contribution in [0.5, 0.6) is 0 Å². The van der Waals surface area contributed by atoms with Crippen molar-refractivity contribution in [2.24, 2.45) is 5.92 Å². The van der Waals surface area contributed by atoms with Gasteiger partial charge in [-0.2, -0.15) is 5.10 Å². The number of hydrogen-bond acceptors (Lipinski definition) is 4. The summed E-state index contributed by atoms with van der Waals surface area (Å²) in [7, 11) is 2.03. The summed E-state index contributed by atoms with van der Waals surface area (Å²) >= 11 is 0. The summed E-state index contributed by atoms with van der Waals surface area (Å²) in [5, 5.41) is 7.42. The van der Waals surface area contributed by atoms with Crippen molar-refractivity contribution in [3.63, 3.8) is 0 Å². The molecule has 0 atom stereocenters. The van der Waals surface area contributed by atoms with Gasteiger partial charge in [-0.05, 0) is 44.8 Å². The Labute approximate surface area is 113 Å². The summed E-state index contributed by atoms with van der Waals surface area (Å²) in [4.78, 5) is 7.05. The molecular formula is C14H21N5. The molecule has 0 saturated carbocycles. The first kappa shape index (κ1) is 12.4. The van der Waals surface area contributed by atoms with Crippen LogP contribution in [0.1, 0.15) is 19.3 Å². The first-order chi connectivity index (χ1) is 9.36. The van der Waals surface area contributed by atoms with Gasteiger partial charge in [0.25, 0.3) is 0 Å². The van der Waals surface area contributed by atoms with E-state index in [0.717, 1.165) is 37.0 Å². The normalized spacial score (nSPS) is 17.2. The summed E-state index contributed by atoms with van der Waals surface area (Å²) in [6.07, 6.45) is 7.61. The fraction of sp³-hybridized carbons (Fsp3) is 0.571. The Morgan fingerprint density at radius 2 is 2.16 bits per heavy atom. The van der Waals surface area contributed by atoms with Crippen LogP contribution in [0, 0.1) is 5.92 Å². The van der Waals surface area contributed by atoms with E-state index in [-0.39, 0.29) is 0 Å². The molecule has 5 nitrogen and oxygen atoms in total. The van der Waals surface area contributed by atoms with Gasteiger partial charge in [0.2, 0.25) is 0 Å². The summed E-state index contributed by atoms with van der Waals surface area (Å²) < 4.78 is 1.81. The molecule has 2 aromatic rings. The van der Waals surface area contributed by atoms with Crippen LogP contribution in [-0.4, -0.2) is 41.3 Å². The first-order valence-corrected chi connectivity index (χ1v) is 7.07. The second kappa shape index (κ2) is 5.57. The summed E-state index contributed by atoms with van der Waals surface area (Å²) in [6, 6.07) is 4.01. The van der Waals surface area contributed by atoms with Crippen LogP contribution in [0.3, 0.4) is 0 Å². The lowest BCUT2D eigenvalue weighted by Gasteiger charge is -2.32. The van der Waals surface area contributed by atoms with Gasteiger partial charge in [-0.15, -0.1) is 0 Å². The van der Waals surface area contributed by atoms with Crippen molar-refractivity contribution in [3.8, 4) is 0 Å². The third kappa shape index (κ3) is 2.71. The van der Waals surface area contributed by atoms with Crippen molar-refractivity contribution in [1.82, 2.24) is 19.9 Å². The van der Waals surface area contributed by atoms with Crippen LogP contribution in [0.4, 0.5) is 5.82 Å². The quantitative estimate of drug-likeness (QED) is 0.905. The molecule has 0 bridgehead atoms. The van der Waals surface area contributed by atoms with E-state index in [1.807, 2.05) is 23.8 Å². The maximum absolute atomic E-state index is 4.66. The average molecular weight is 259 g/mol. The molecule has 1 aliphatic rings. The molecule has 1 aliphatic heterocycles. The number of anilines is 1. The molecule has 0 radical (unpaired) electrons. The Bertz CT molecular complexity index is 527. The van der Waals surface area contributed by atoms with E-state index in [1.165, 1.54) is 19.3 Å². The van der Waals surface area contributed by atoms with E-state index in [9.17, 15) is 0 Å². The maximum atomic E-state index is 4.66. The lowest BCUT2D eigenvalue weighted by atomic mass is 9.93. The van der Waals surface area contributed by atoms with E-state index in [2.05, 4.69) is 26.4 Å². The fourth-order valence-corrected chi connectivity index (χ4v) is 2.78. The molecule has 19 heavy (non-hydrogen) atoms. The van der Waals surface area contributed by atoms with E-state index in [0.29, 0.717) is 0 Å². The van der Waals surface area contributed by atoms with E-state index < -0.39 is 0 Å². The number of nitrogens with zero attached hydrogens (tertiary/aromatic N) is 4. The Morgan fingerprint density at radius 1 is 1.32 bits per heavy atom. The van der Waals surface area contributed by atoms with Gasteiger partial charge in [0, 0.05) is 25.4 Å². The van der Waals surface area contributed by atoms with Crippen molar-refractivity contribution in [1.29, 1.82) is 0 Å². The number of fused-ring (bicyclic) bond motifs is 1. The van der Waals surface area contributed by atoms with Gasteiger partial charge in [-0.3, -0.25) is 0 Å². The van der Waals surface area contributed by atoms with E-state index in [4.69, 9.17) is 0 Å². The van der Waals surface area contributed by atoms with Crippen LogP contribution < -0.4 is 10.2 Å². The first-order valence-electron chi connectivity index (χ1n) is 7.07. The predicted octanol–water partition coefficient (Wildman–Crippen LogP) is 1.56. The molecule has 0 spiro atoms. The highest BCUT2D eigenvalue weighted by Crippen LogP contribution is 2.23. The van der Waals surface area contributed by atoms with Gasteiger partial charge in [0.15, 0.2) is 5.65 Å². The van der Waals surface area contributed by atoms with Gasteiger partial charge in [-0.1, -0.05) is 0 Å². The molecule has 0 aliphatic carbocycles. The highest BCUT2D eigenvalue weighted by molar-refractivity contribution is 5.47. The van der Waals surface area contributed by atoms with Gasteiger partial charge in [0.1, 0.15) is 5.82 Å². The number of piperidine rings is 1. The van der Waals surface area contributed by atoms with Gasteiger partial charge in [0.05, 0.1) is 6.20 Å². The monoisotopic (exact) mass is 259 g/mol. The average Bonchev–Trinajstić information content (AvgIpc) is 2.93. The molecule has 3 heterocycles. The zero-order valence-corrected chi connectivity index (χ0v) is 11.4. The fourth-order valence-electron chi connectivity index (χ4n) is 2.78. The van der Waals surface area contributed by atoms with E-state index >= 15 is 0 Å². The molecule has 2 aromatic heterocycles. The smallest absolute Gasteiger partial charge is 0.157 e. The zero-order valence-electron chi connectivity index (χ0n) is 11.4. The molecule has 102 valence electrons. The molecular weight excluding hydrogens is 238 g/mol. The number of nitrogens with one attached hydrogen (secondary N) is 1. The number of aromatic nitrogens is 3. The van der Waals surface area contributed by atoms with Crippen molar-refractivity contribution in [3.05, 3.63) is 24.5 Å². The van der Waals surface area contributed by atoms with Crippen molar-refractivity contribution in [2.45, 2.75) is 19.3 Å². The largest absolute Gasteiger partial charge is 0.356 e. The Balaban J connectivity index is 1.64. The topological polar surface area (TPSA) is 45.5 Å². The van der Waals surface area contributed by atoms with E-state index in [1.54, 1.807) is 6.20 Å². The summed E-state index contributed by atoms with van der Waals surface area (Å²) in [6.45, 7) is 3.36. The summed E-state index contributed by atoms with van der Waals surface area (Å²) in [5.41, 5.74) is 0.926. The Hall–Kier alpha value is -1.62. The highest BCUT2D eigenvalue weighted by Gasteiger charge is 2.19. The van der Waals surface area contributed by atoms with Gasteiger partial charge in [-0.25, -0.2) is 9.50 Å². The molecule has 1 fully saturated rings. The van der Waals surface area contributed by atoms with Crippen molar-refractivity contribution < 1.29 is 0 Å². The highest BCUT2D eigenvalue weighted by atomic mass is 15.3. The van der Waals surface area contributed by atoms with Crippen LogP contribution >= 0.6 is 0 Å². The van der Waals surface area contributed by atoms with Crippen molar-refractivity contribution >= 4 is 11.5 Å². The second-order valence-electron chi connectivity index (χ2n) is 5.24. The van der Waals surface area contributed by atoms with Crippen LogP contribution in [0.25, 0.3) is 5.65 Å². The zero-order chi connectivity index (χ0) is 13.1. The van der Waals surface area contributed by atoms with Crippen molar-refractivity contribution in [2.75, 3.05) is 31.6 Å². The predicted molar refractivity (Wildman–Crippen MR) is 76.5 cm³/mol.